The minimum absolute atomic E-state index is 0.00923. The monoisotopic (exact) mass is 433 g/mol. The van der Waals surface area contributed by atoms with Gasteiger partial charge >= 0.3 is 5.69 Å². The second kappa shape index (κ2) is 8.31. The fourth-order valence-electron chi connectivity index (χ4n) is 3.71. The van der Waals surface area contributed by atoms with Crippen molar-refractivity contribution < 1.29 is 19.1 Å². The molecule has 0 aliphatic carbocycles. The van der Waals surface area contributed by atoms with Gasteiger partial charge in [-0.3, -0.25) is 15.2 Å². The Morgan fingerprint density at radius 3 is 2.81 bits per heavy atom. The molecule has 1 aliphatic heterocycles. The number of methoxy groups -OCH3 is 1. The molecule has 0 radical (unpaired) electrons. The maximum atomic E-state index is 11.3. The van der Waals surface area contributed by atoms with Crippen molar-refractivity contribution in [2.24, 2.45) is 5.73 Å². The van der Waals surface area contributed by atoms with E-state index in [9.17, 15) is 15.4 Å². The predicted octanol–water partition coefficient (Wildman–Crippen LogP) is 3.43. The Hall–Kier alpha value is -4.52. The number of hydrogen-bond acceptors (Lipinski definition) is 8. The van der Waals surface area contributed by atoms with Crippen molar-refractivity contribution in [3.63, 3.8) is 0 Å². The van der Waals surface area contributed by atoms with Gasteiger partial charge in [0, 0.05) is 22.9 Å². The number of fused-ring (bicyclic) bond motifs is 1. The number of hydrogen-bond donors (Lipinski definition) is 2. The molecule has 32 heavy (non-hydrogen) atoms. The summed E-state index contributed by atoms with van der Waals surface area (Å²) in [5, 5.41) is 28.0. The molecule has 0 amide bonds. The van der Waals surface area contributed by atoms with Gasteiger partial charge in [-0.1, -0.05) is 18.2 Å². The summed E-state index contributed by atoms with van der Waals surface area (Å²) >= 11 is 0. The highest BCUT2D eigenvalue weighted by Gasteiger charge is 2.34. The van der Waals surface area contributed by atoms with Crippen molar-refractivity contribution >= 4 is 5.69 Å². The topological polar surface area (TPSA) is 149 Å². The van der Waals surface area contributed by atoms with Crippen molar-refractivity contribution in [2.45, 2.75) is 19.4 Å². The van der Waals surface area contributed by atoms with Crippen LogP contribution >= 0.6 is 0 Å². The Kier molecular flexibility index (Phi) is 5.39. The summed E-state index contributed by atoms with van der Waals surface area (Å²) in [6, 6.07) is 13.7. The van der Waals surface area contributed by atoms with E-state index in [-0.39, 0.29) is 29.5 Å². The van der Waals surface area contributed by atoms with Crippen LogP contribution in [-0.4, -0.2) is 22.2 Å². The third-order valence-electron chi connectivity index (χ3n) is 5.21. The first-order chi connectivity index (χ1) is 15.4. The molecule has 2 aromatic carbocycles. The van der Waals surface area contributed by atoms with Gasteiger partial charge in [-0.05, 0) is 30.7 Å². The zero-order chi connectivity index (χ0) is 22.8. The van der Waals surface area contributed by atoms with Crippen LogP contribution in [0.15, 0.2) is 53.9 Å². The van der Waals surface area contributed by atoms with E-state index in [1.807, 2.05) is 19.1 Å². The highest BCUT2D eigenvalue weighted by molar-refractivity contribution is 5.56. The molecule has 1 atom stereocenters. The van der Waals surface area contributed by atoms with Crippen LogP contribution in [0.4, 0.5) is 5.69 Å². The lowest BCUT2D eigenvalue weighted by Crippen LogP contribution is -2.21. The standard InChI is InChI=1S/C22H19N5O5/c1-12-19-20(15(10-23)21(24)32-22(19)26-25-12)13-7-8-17(30-2)14(9-13)11-31-18-6-4-3-5-16(18)27(28)29/h3-9,20H,11,24H2,1-2H3,(H,25,26). The zero-order valence-electron chi connectivity index (χ0n) is 17.3. The Balaban J connectivity index is 1.74. The second-order valence-corrected chi connectivity index (χ2v) is 7.08. The number of rotatable bonds is 6. The maximum absolute atomic E-state index is 11.3. The third kappa shape index (κ3) is 3.56. The normalized spacial score (nSPS) is 14.8. The number of nitriles is 1. The van der Waals surface area contributed by atoms with E-state index in [4.69, 9.17) is 19.9 Å². The van der Waals surface area contributed by atoms with Gasteiger partial charge in [-0.25, -0.2) is 0 Å². The molecule has 1 unspecified atom stereocenters. The molecule has 0 bridgehead atoms. The van der Waals surface area contributed by atoms with Crippen LogP contribution in [-0.2, 0) is 6.61 Å². The molecule has 0 fully saturated rings. The summed E-state index contributed by atoms with van der Waals surface area (Å²) in [5.74, 6) is 0.491. The van der Waals surface area contributed by atoms with Crippen molar-refractivity contribution in [2.75, 3.05) is 7.11 Å². The quantitative estimate of drug-likeness (QED) is 0.443. The number of ether oxygens (including phenoxy) is 3. The van der Waals surface area contributed by atoms with Crippen LogP contribution in [0.5, 0.6) is 17.4 Å². The van der Waals surface area contributed by atoms with Crippen molar-refractivity contribution in [3.8, 4) is 23.4 Å². The Labute approximate surface area is 183 Å². The number of nitro benzene ring substituents is 1. The SMILES string of the molecule is COc1ccc(C2C(C#N)=C(N)Oc3n[nH]c(C)c32)cc1COc1ccccc1[N+](=O)[O-]. The van der Waals surface area contributed by atoms with E-state index in [1.54, 1.807) is 18.2 Å². The van der Waals surface area contributed by atoms with Crippen molar-refractivity contribution in [1.82, 2.24) is 10.2 Å². The summed E-state index contributed by atoms with van der Waals surface area (Å²) in [6.45, 7) is 1.85. The first-order valence-corrected chi connectivity index (χ1v) is 9.60. The maximum Gasteiger partial charge on any atom is 0.310 e. The molecule has 10 nitrogen and oxygen atoms in total. The van der Waals surface area contributed by atoms with Gasteiger partial charge in [-0.15, -0.1) is 5.10 Å². The van der Waals surface area contributed by atoms with E-state index < -0.39 is 10.8 Å². The summed E-state index contributed by atoms with van der Waals surface area (Å²) in [4.78, 5) is 10.8. The number of nitrogens with two attached hydrogens (primary N) is 1. The molecule has 2 heterocycles. The lowest BCUT2D eigenvalue weighted by Gasteiger charge is -2.24. The summed E-state index contributed by atoms with van der Waals surface area (Å²) in [7, 11) is 1.52. The van der Waals surface area contributed by atoms with Gasteiger partial charge in [0.05, 0.1) is 18.0 Å². The molecule has 162 valence electrons. The fourth-order valence-corrected chi connectivity index (χ4v) is 3.71. The third-order valence-corrected chi connectivity index (χ3v) is 5.21. The Bertz CT molecular complexity index is 1270. The van der Waals surface area contributed by atoms with Crippen LogP contribution in [0, 0.1) is 28.4 Å². The molecule has 0 saturated carbocycles. The number of aromatic amines is 1. The Morgan fingerprint density at radius 2 is 2.09 bits per heavy atom. The first-order valence-electron chi connectivity index (χ1n) is 9.60. The van der Waals surface area contributed by atoms with Crippen LogP contribution in [0.3, 0.4) is 0 Å². The fraction of sp³-hybridized carbons (Fsp3) is 0.182. The number of nitro groups is 1. The van der Waals surface area contributed by atoms with Crippen LogP contribution < -0.4 is 19.9 Å². The molecular formula is C22H19N5O5. The molecule has 3 N–H and O–H groups in total. The van der Waals surface area contributed by atoms with Gasteiger partial charge in [0.2, 0.25) is 11.8 Å². The second-order valence-electron chi connectivity index (χ2n) is 7.08. The predicted molar refractivity (Wildman–Crippen MR) is 113 cm³/mol. The van der Waals surface area contributed by atoms with Gasteiger partial charge in [0.15, 0.2) is 5.75 Å². The average Bonchev–Trinajstić information content (AvgIpc) is 3.16. The average molecular weight is 433 g/mol. The number of nitrogens with zero attached hydrogens (tertiary/aromatic N) is 3. The first kappa shape index (κ1) is 20.7. The molecule has 0 saturated heterocycles. The van der Waals surface area contributed by atoms with Gasteiger partial charge in [0.1, 0.15) is 24.0 Å². The minimum atomic E-state index is -0.502. The van der Waals surface area contributed by atoms with Crippen molar-refractivity contribution in [3.05, 3.63) is 86.4 Å². The molecule has 1 aromatic heterocycles. The minimum Gasteiger partial charge on any atom is -0.496 e. The molecular weight excluding hydrogens is 414 g/mol. The van der Waals surface area contributed by atoms with E-state index in [1.165, 1.54) is 19.2 Å². The largest absolute Gasteiger partial charge is 0.496 e. The summed E-state index contributed by atoms with van der Waals surface area (Å²) in [6.07, 6.45) is 0. The molecule has 1 aliphatic rings. The Morgan fingerprint density at radius 1 is 1.31 bits per heavy atom. The number of allylic oxidation sites excluding steroid dienone is 1. The highest BCUT2D eigenvalue weighted by Crippen LogP contribution is 2.43. The van der Waals surface area contributed by atoms with E-state index >= 15 is 0 Å². The lowest BCUT2D eigenvalue weighted by molar-refractivity contribution is -0.385. The number of benzene rings is 2. The van der Waals surface area contributed by atoms with Crippen LogP contribution in [0.25, 0.3) is 0 Å². The van der Waals surface area contributed by atoms with Crippen LogP contribution in [0.1, 0.15) is 28.3 Å². The van der Waals surface area contributed by atoms with E-state index in [0.717, 1.165) is 11.3 Å². The number of aromatic nitrogens is 2. The van der Waals surface area contributed by atoms with E-state index in [2.05, 4.69) is 16.3 Å². The summed E-state index contributed by atoms with van der Waals surface area (Å²) < 4.78 is 16.7. The number of para-hydroxylation sites is 2. The van der Waals surface area contributed by atoms with Gasteiger partial charge in [0.25, 0.3) is 0 Å². The molecule has 0 spiro atoms. The van der Waals surface area contributed by atoms with E-state index in [0.29, 0.717) is 22.8 Å². The number of H-pyrrole nitrogens is 1. The number of nitrogens with one attached hydrogen (secondary N) is 1. The summed E-state index contributed by atoms with van der Waals surface area (Å²) in [5.41, 5.74) is 8.97. The zero-order valence-corrected chi connectivity index (χ0v) is 17.3. The molecule has 4 rings (SSSR count). The van der Waals surface area contributed by atoms with Crippen molar-refractivity contribution in [1.29, 1.82) is 5.26 Å². The smallest absolute Gasteiger partial charge is 0.310 e. The highest BCUT2D eigenvalue weighted by atomic mass is 16.6. The van der Waals surface area contributed by atoms with Gasteiger partial charge in [-0.2, -0.15) is 5.26 Å². The molecule has 10 heteroatoms. The number of aryl methyl sites for hydroxylation is 1. The molecule has 3 aromatic rings. The lowest BCUT2D eigenvalue weighted by atomic mass is 9.83. The van der Waals surface area contributed by atoms with Gasteiger partial charge < -0.3 is 19.9 Å². The van der Waals surface area contributed by atoms with Crippen LogP contribution in [0.2, 0.25) is 0 Å².